The van der Waals surface area contributed by atoms with Crippen LogP contribution in [0.15, 0.2) is 65.6 Å². The number of halogens is 2. The van der Waals surface area contributed by atoms with E-state index < -0.39 is 15.9 Å². The number of nitrogens with one attached hydrogen (secondary N) is 2. The van der Waals surface area contributed by atoms with Gasteiger partial charge in [-0.3, -0.25) is 4.79 Å². The van der Waals surface area contributed by atoms with Crippen molar-refractivity contribution in [3.8, 4) is 0 Å². The summed E-state index contributed by atoms with van der Waals surface area (Å²) in [7, 11) is -4.02. The van der Waals surface area contributed by atoms with E-state index in [0.29, 0.717) is 16.5 Å². The Morgan fingerprint density at radius 1 is 0.971 bits per heavy atom. The van der Waals surface area contributed by atoms with Gasteiger partial charge in [-0.2, -0.15) is 0 Å². The summed E-state index contributed by atoms with van der Waals surface area (Å²) in [4.78, 5) is 16.3. The van der Waals surface area contributed by atoms with Crippen LogP contribution in [0.2, 0.25) is 10.0 Å². The molecular formula is C27H26Cl2N2O3S. The number of H-pyrrole nitrogens is 1. The van der Waals surface area contributed by atoms with Crippen LogP contribution >= 0.6 is 23.2 Å². The molecule has 8 heteroatoms. The first-order chi connectivity index (χ1) is 16.3. The maximum atomic E-state index is 12.9. The van der Waals surface area contributed by atoms with Crippen molar-refractivity contribution in [1.82, 2.24) is 9.71 Å². The number of aromatic nitrogens is 1. The molecule has 5 nitrogen and oxygen atoms in total. The smallest absolute Gasteiger partial charge is 0.265 e. The molecule has 0 saturated heterocycles. The second-order valence-electron chi connectivity index (χ2n) is 9.61. The Balaban J connectivity index is 1.62. The standard InChI is InChI=1S/C27H26Cl2N2O3S/c1-16-22(13-17-5-9-20(28)15-24(17)29)23-14-18(6-12-25(23)30-16)26(32)31-35(33,34)21-10-7-19(8-11-21)27(2,3)4/h5-12,14-15,30H,13H2,1-4H3,(H,31,32). The lowest BCUT2D eigenvalue weighted by Gasteiger charge is -2.19. The Bertz CT molecular complexity index is 1530. The van der Waals surface area contributed by atoms with E-state index in [1.54, 1.807) is 42.5 Å². The van der Waals surface area contributed by atoms with Gasteiger partial charge in [-0.25, -0.2) is 13.1 Å². The number of fused-ring (bicyclic) bond motifs is 1. The third-order valence-corrected chi connectivity index (χ3v) is 7.96. The minimum atomic E-state index is -4.02. The SMILES string of the molecule is Cc1[nH]c2ccc(C(=O)NS(=O)(=O)c3ccc(C(C)(C)C)cc3)cc2c1Cc1ccc(Cl)cc1Cl. The van der Waals surface area contributed by atoms with Crippen molar-refractivity contribution < 1.29 is 13.2 Å². The van der Waals surface area contributed by atoms with E-state index in [9.17, 15) is 13.2 Å². The number of carbonyl (C=O) groups excluding carboxylic acids is 1. The van der Waals surface area contributed by atoms with Gasteiger partial charge in [0.05, 0.1) is 4.90 Å². The monoisotopic (exact) mass is 528 g/mol. The van der Waals surface area contributed by atoms with Crippen LogP contribution in [0.1, 0.15) is 53.5 Å². The van der Waals surface area contributed by atoms with Crippen molar-refractivity contribution in [2.75, 3.05) is 0 Å². The highest BCUT2D eigenvalue weighted by atomic mass is 35.5. The van der Waals surface area contributed by atoms with Crippen molar-refractivity contribution >= 4 is 50.0 Å². The predicted molar refractivity (Wildman–Crippen MR) is 142 cm³/mol. The lowest BCUT2D eigenvalue weighted by atomic mass is 9.87. The zero-order valence-corrected chi connectivity index (χ0v) is 22.2. The van der Waals surface area contributed by atoms with Gasteiger partial charge in [0.25, 0.3) is 15.9 Å². The molecule has 0 aliphatic carbocycles. The fraction of sp³-hybridized carbons (Fsp3) is 0.222. The Morgan fingerprint density at radius 2 is 1.66 bits per heavy atom. The number of carbonyl (C=O) groups is 1. The Hall–Kier alpha value is -2.80. The van der Waals surface area contributed by atoms with E-state index >= 15 is 0 Å². The average molecular weight is 529 g/mol. The molecule has 0 spiro atoms. The number of hydrogen-bond donors (Lipinski definition) is 2. The quantitative estimate of drug-likeness (QED) is 0.299. The van der Waals surface area contributed by atoms with Crippen LogP contribution in [0.4, 0.5) is 0 Å². The van der Waals surface area contributed by atoms with Crippen LogP contribution in [-0.4, -0.2) is 19.3 Å². The first kappa shape index (κ1) is 25.3. The molecule has 35 heavy (non-hydrogen) atoms. The number of hydrogen-bond acceptors (Lipinski definition) is 3. The first-order valence-corrected chi connectivity index (χ1v) is 13.3. The lowest BCUT2D eigenvalue weighted by Crippen LogP contribution is -2.30. The van der Waals surface area contributed by atoms with E-state index in [-0.39, 0.29) is 15.9 Å². The van der Waals surface area contributed by atoms with Gasteiger partial charge in [0.1, 0.15) is 0 Å². The maximum Gasteiger partial charge on any atom is 0.265 e. The van der Waals surface area contributed by atoms with E-state index in [1.165, 1.54) is 12.1 Å². The van der Waals surface area contributed by atoms with Crippen molar-refractivity contribution in [3.63, 3.8) is 0 Å². The van der Waals surface area contributed by atoms with Gasteiger partial charge in [-0.15, -0.1) is 0 Å². The van der Waals surface area contributed by atoms with Gasteiger partial charge < -0.3 is 4.98 Å². The summed E-state index contributed by atoms with van der Waals surface area (Å²) < 4.78 is 27.9. The topological polar surface area (TPSA) is 79.0 Å². The molecule has 0 aliphatic heterocycles. The van der Waals surface area contributed by atoms with Gasteiger partial charge in [-0.05, 0) is 71.5 Å². The van der Waals surface area contributed by atoms with E-state index in [2.05, 4.69) is 9.71 Å². The zero-order chi connectivity index (χ0) is 25.5. The van der Waals surface area contributed by atoms with Gasteiger partial charge >= 0.3 is 0 Å². The van der Waals surface area contributed by atoms with Gasteiger partial charge in [0.2, 0.25) is 0 Å². The molecule has 4 rings (SSSR count). The molecule has 0 bridgehead atoms. The van der Waals surface area contributed by atoms with E-state index in [0.717, 1.165) is 33.3 Å². The largest absolute Gasteiger partial charge is 0.358 e. The first-order valence-electron chi connectivity index (χ1n) is 11.1. The predicted octanol–water partition coefficient (Wildman–Crippen LogP) is 6.79. The van der Waals surface area contributed by atoms with Crippen LogP contribution in [0, 0.1) is 6.92 Å². The van der Waals surface area contributed by atoms with E-state index in [4.69, 9.17) is 23.2 Å². The van der Waals surface area contributed by atoms with Crippen LogP contribution < -0.4 is 4.72 Å². The summed E-state index contributed by atoms with van der Waals surface area (Å²) in [6.45, 7) is 8.09. The molecule has 182 valence electrons. The normalized spacial score (nSPS) is 12.2. The summed E-state index contributed by atoms with van der Waals surface area (Å²) in [5.74, 6) is -0.693. The molecule has 3 aromatic carbocycles. The van der Waals surface area contributed by atoms with Gasteiger partial charge in [0.15, 0.2) is 0 Å². The molecule has 1 amide bonds. The summed E-state index contributed by atoms with van der Waals surface area (Å²) >= 11 is 12.4. The number of aromatic amines is 1. The fourth-order valence-electron chi connectivity index (χ4n) is 3.98. The fourth-order valence-corrected chi connectivity index (χ4v) is 5.43. The molecule has 0 radical (unpaired) electrons. The zero-order valence-electron chi connectivity index (χ0n) is 19.9. The molecule has 0 saturated carbocycles. The van der Waals surface area contributed by atoms with E-state index in [1.807, 2.05) is 33.8 Å². The number of amides is 1. The highest BCUT2D eigenvalue weighted by Gasteiger charge is 2.21. The van der Waals surface area contributed by atoms with Gasteiger partial charge in [-0.1, -0.05) is 62.2 Å². The lowest BCUT2D eigenvalue weighted by molar-refractivity contribution is 0.0981. The molecule has 0 atom stereocenters. The van der Waals surface area contributed by atoms with Crippen molar-refractivity contribution in [2.45, 2.75) is 44.4 Å². The van der Waals surface area contributed by atoms with Crippen molar-refractivity contribution in [1.29, 1.82) is 0 Å². The van der Waals surface area contributed by atoms with Crippen LogP contribution in [-0.2, 0) is 21.9 Å². The minimum absolute atomic E-state index is 0.0375. The second-order valence-corrected chi connectivity index (χ2v) is 12.1. The third-order valence-electron chi connectivity index (χ3n) is 6.02. The number of aryl methyl sites for hydroxylation is 1. The molecule has 1 aromatic heterocycles. The minimum Gasteiger partial charge on any atom is -0.358 e. The summed E-state index contributed by atoms with van der Waals surface area (Å²) in [5.41, 5.74) is 4.80. The highest BCUT2D eigenvalue weighted by Crippen LogP contribution is 2.30. The second kappa shape index (κ2) is 9.34. The third kappa shape index (κ3) is 5.40. The van der Waals surface area contributed by atoms with Crippen LogP contribution in [0.5, 0.6) is 0 Å². The Kier molecular flexibility index (Phi) is 6.75. The summed E-state index contributed by atoms with van der Waals surface area (Å²) in [6, 6.07) is 17.0. The number of sulfonamides is 1. The molecule has 1 heterocycles. The Labute approximate surface area is 215 Å². The maximum absolute atomic E-state index is 12.9. The van der Waals surface area contributed by atoms with Crippen molar-refractivity contribution in [2.24, 2.45) is 0 Å². The Morgan fingerprint density at radius 3 is 2.29 bits per heavy atom. The highest BCUT2D eigenvalue weighted by molar-refractivity contribution is 7.90. The molecule has 0 unspecified atom stereocenters. The van der Waals surface area contributed by atoms with Crippen LogP contribution in [0.25, 0.3) is 10.9 Å². The molecule has 2 N–H and O–H groups in total. The molecule has 0 aliphatic rings. The number of rotatable bonds is 5. The van der Waals surface area contributed by atoms with Gasteiger partial charge in [0, 0.05) is 38.6 Å². The summed E-state index contributed by atoms with van der Waals surface area (Å²) in [5, 5.41) is 1.94. The molecular weight excluding hydrogens is 503 g/mol. The van der Waals surface area contributed by atoms with Crippen LogP contribution in [0.3, 0.4) is 0 Å². The molecule has 0 fully saturated rings. The average Bonchev–Trinajstić information content (AvgIpc) is 3.09. The van der Waals surface area contributed by atoms with Crippen molar-refractivity contribution in [3.05, 3.63) is 98.7 Å². The summed E-state index contributed by atoms with van der Waals surface area (Å²) in [6.07, 6.45) is 0.533. The molecule has 4 aromatic rings. The number of benzene rings is 3.